The number of carbonyl (C=O) groups excluding carboxylic acids is 1. The van der Waals surface area contributed by atoms with E-state index in [1.165, 1.54) is 5.56 Å². The van der Waals surface area contributed by atoms with Crippen molar-refractivity contribution in [3.63, 3.8) is 0 Å². The molecule has 1 N–H and O–H groups in total. The molecule has 0 aliphatic carbocycles. The fourth-order valence-electron chi connectivity index (χ4n) is 1.73. The van der Waals surface area contributed by atoms with E-state index in [0.717, 1.165) is 18.5 Å². The van der Waals surface area contributed by atoms with Crippen LogP contribution in [0.25, 0.3) is 0 Å². The van der Waals surface area contributed by atoms with Crippen molar-refractivity contribution in [3.8, 4) is 0 Å². The van der Waals surface area contributed by atoms with Crippen molar-refractivity contribution >= 4 is 35.6 Å². The van der Waals surface area contributed by atoms with Gasteiger partial charge in [-0.15, -0.1) is 12.6 Å². The Bertz CT molecular complexity index is 547. The molecule has 3 nitrogen and oxygen atoms in total. The minimum absolute atomic E-state index is 0.444. The lowest BCUT2D eigenvalue weighted by Gasteiger charge is -2.09. The number of thiol groups is 1. The van der Waals surface area contributed by atoms with E-state index in [-0.39, 0.29) is 0 Å². The van der Waals surface area contributed by atoms with Gasteiger partial charge in [0.2, 0.25) is 0 Å². The smallest absolute Gasteiger partial charge is 0.256 e. The summed E-state index contributed by atoms with van der Waals surface area (Å²) >= 11 is 8.24. The second-order valence-corrected chi connectivity index (χ2v) is 4.91. The average molecular weight is 333 g/mol. The monoisotopic (exact) mass is 333 g/mol. The maximum atomic E-state index is 8.67. The maximum absolute atomic E-state index is 8.67. The SMILES string of the molecule is O=CS.S=C(NCCc1ccccc1)OCc1ccccc1. The van der Waals surface area contributed by atoms with Gasteiger partial charge in [-0.2, -0.15) is 0 Å². The molecule has 0 heterocycles. The second-order valence-electron chi connectivity index (χ2n) is 4.33. The average Bonchev–Trinajstić information content (AvgIpc) is 2.56. The third-order valence-corrected chi connectivity index (χ3v) is 3.00. The van der Waals surface area contributed by atoms with E-state index >= 15 is 0 Å². The van der Waals surface area contributed by atoms with E-state index < -0.39 is 0 Å². The van der Waals surface area contributed by atoms with E-state index in [4.69, 9.17) is 21.7 Å². The summed E-state index contributed by atoms with van der Waals surface area (Å²) in [7, 11) is 0. The maximum Gasteiger partial charge on any atom is 0.256 e. The molecule has 2 rings (SSSR count). The second kappa shape index (κ2) is 11.8. The van der Waals surface area contributed by atoms with Gasteiger partial charge in [0.25, 0.3) is 5.17 Å². The lowest BCUT2D eigenvalue weighted by Crippen LogP contribution is -2.26. The van der Waals surface area contributed by atoms with Gasteiger partial charge < -0.3 is 10.1 Å². The summed E-state index contributed by atoms with van der Waals surface area (Å²) < 4.78 is 5.49. The van der Waals surface area contributed by atoms with E-state index in [1.807, 2.05) is 48.5 Å². The first-order chi connectivity index (χ1) is 10.8. The molecular weight excluding hydrogens is 314 g/mol. The van der Waals surface area contributed by atoms with E-state index in [2.05, 4.69) is 30.1 Å². The Kier molecular flexibility index (Phi) is 9.74. The summed E-state index contributed by atoms with van der Waals surface area (Å²) in [6, 6.07) is 20.3. The Morgan fingerprint density at radius 1 is 1.05 bits per heavy atom. The highest BCUT2D eigenvalue weighted by molar-refractivity contribution is 7.94. The number of nitrogens with one attached hydrogen (secondary N) is 1. The van der Waals surface area contributed by atoms with Crippen LogP contribution in [0.5, 0.6) is 0 Å². The van der Waals surface area contributed by atoms with Crippen molar-refractivity contribution in [1.29, 1.82) is 0 Å². The molecule has 0 unspecified atom stereocenters. The summed E-state index contributed by atoms with van der Waals surface area (Å²) in [6.45, 7) is 1.30. The summed E-state index contributed by atoms with van der Waals surface area (Å²) in [6.07, 6.45) is 0.940. The predicted octanol–water partition coefficient (Wildman–Crippen LogP) is 3.43. The van der Waals surface area contributed by atoms with E-state index in [1.54, 1.807) is 0 Å². The molecule has 0 aromatic heterocycles. The minimum atomic E-state index is 0.444. The first-order valence-corrected chi connectivity index (χ1v) is 7.75. The number of thiocarbonyl (C=S) groups is 1. The van der Waals surface area contributed by atoms with Crippen LogP contribution in [-0.2, 0) is 22.6 Å². The largest absolute Gasteiger partial charge is 0.466 e. The molecule has 0 saturated carbocycles. The van der Waals surface area contributed by atoms with Gasteiger partial charge in [0, 0.05) is 6.54 Å². The van der Waals surface area contributed by atoms with Crippen molar-refractivity contribution in [2.45, 2.75) is 13.0 Å². The molecule has 22 heavy (non-hydrogen) atoms. The lowest BCUT2D eigenvalue weighted by atomic mass is 10.1. The van der Waals surface area contributed by atoms with Crippen molar-refractivity contribution in [3.05, 3.63) is 71.8 Å². The van der Waals surface area contributed by atoms with Crippen LogP contribution >= 0.6 is 24.8 Å². The number of hydrogen-bond acceptors (Lipinski definition) is 3. The number of ether oxygens (including phenoxy) is 1. The first kappa shape index (κ1) is 18.2. The summed E-state index contributed by atoms with van der Waals surface area (Å²) in [4.78, 5) is 8.67. The molecule has 5 heteroatoms. The van der Waals surface area contributed by atoms with Gasteiger partial charge in [-0.1, -0.05) is 60.7 Å². The van der Waals surface area contributed by atoms with E-state index in [0.29, 0.717) is 17.4 Å². The number of carbonyl (C=O) groups is 1. The molecule has 0 aliphatic rings. The van der Waals surface area contributed by atoms with Crippen LogP contribution in [0.2, 0.25) is 0 Å². The molecule has 0 saturated heterocycles. The van der Waals surface area contributed by atoms with Crippen molar-refractivity contribution in [2.75, 3.05) is 6.54 Å². The Balaban J connectivity index is 0.000000745. The standard InChI is InChI=1S/C16H17NOS.CH2OS/c19-16(18-13-15-9-5-2-6-10-15)17-12-11-14-7-3-1-4-8-14;2-1-3/h1-10H,11-13H2,(H,17,19);1H,(H,2,3). The Morgan fingerprint density at radius 3 is 2.09 bits per heavy atom. The molecule has 0 amide bonds. The van der Waals surface area contributed by atoms with Crippen LogP contribution in [0.15, 0.2) is 60.7 Å². The molecule has 0 bridgehead atoms. The predicted molar refractivity (Wildman–Crippen MR) is 97.7 cm³/mol. The molecule has 0 atom stereocenters. The summed E-state index contributed by atoms with van der Waals surface area (Å²) in [5.74, 6) is 0. The van der Waals surface area contributed by atoms with Gasteiger partial charge in [0.05, 0.1) is 0 Å². The normalized spacial score (nSPS) is 9.14. The topological polar surface area (TPSA) is 38.3 Å². The zero-order valence-electron chi connectivity index (χ0n) is 12.1. The zero-order chi connectivity index (χ0) is 16.0. The number of benzene rings is 2. The highest BCUT2D eigenvalue weighted by Crippen LogP contribution is 2.01. The Morgan fingerprint density at radius 2 is 1.55 bits per heavy atom. The summed E-state index contributed by atoms with van der Waals surface area (Å²) in [5.41, 5.74) is 2.86. The highest BCUT2D eigenvalue weighted by Gasteiger charge is 1.98. The third-order valence-electron chi connectivity index (χ3n) is 2.74. The van der Waals surface area contributed by atoms with Crippen molar-refractivity contribution in [1.82, 2.24) is 5.32 Å². The van der Waals surface area contributed by atoms with Crippen LogP contribution in [0.3, 0.4) is 0 Å². The molecule has 0 spiro atoms. The van der Waals surface area contributed by atoms with Gasteiger partial charge in [-0.25, -0.2) is 0 Å². The van der Waals surface area contributed by atoms with Gasteiger partial charge in [0.1, 0.15) is 6.61 Å². The molecule has 2 aromatic carbocycles. The molecule has 0 radical (unpaired) electrons. The highest BCUT2D eigenvalue weighted by atomic mass is 32.1. The van der Waals surface area contributed by atoms with Gasteiger partial charge >= 0.3 is 0 Å². The quantitative estimate of drug-likeness (QED) is 0.499. The Hall–Kier alpha value is -1.85. The molecule has 0 aliphatic heterocycles. The van der Waals surface area contributed by atoms with Gasteiger partial charge in [-0.3, -0.25) is 4.79 Å². The van der Waals surface area contributed by atoms with Gasteiger partial charge in [-0.05, 0) is 29.8 Å². The minimum Gasteiger partial charge on any atom is -0.466 e. The molecule has 0 fully saturated rings. The van der Waals surface area contributed by atoms with Crippen molar-refractivity contribution in [2.24, 2.45) is 0 Å². The zero-order valence-corrected chi connectivity index (χ0v) is 13.9. The van der Waals surface area contributed by atoms with Crippen molar-refractivity contribution < 1.29 is 9.53 Å². The van der Waals surface area contributed by atoms with Crippen LogP contribution in [0.4, 0.5) is 0 Å². The lowest BCUT2D eigenvalue weighted by molar-refractivity contribution is 0.286. The first-order valence-electron chi connectivity index (χ1n) is 6.82. The molecular formula is C17H19NO2S2. The van der Waals surface area contributed by atoms with E-state index in [9.17, 15) is 0 Å². The molecule has 116 valence electrons. The Labute approximate surface area is 142 Å². The molecule has 2 aromatic rings. The van der Waals surface area contributed by atoms with Crippen LogP contribution < -0.4 is 5.32 Å². The van der Waals surface area contributed by atoms with Crippen LogP contribution in [0.1, 0.15) is 11.1 Å². The summed E-state index contributed by atoms with van der Waals surface area (Å²) in [5, 5.41) is 3.57. The van der Waals surface area contributed by atoms with Crippen LogP contribution in [-0.4, -0.2) is 17.3 Å². The van der Waals surface area contributed by atoms with Gasteiger partial charge in [0.15, 0.2) is 5.62 Å². The van der Waals surface area contributed by atoms with Crippen LogP contribution in [0, 0.1) is 0 Å². The fourth-order valence-corrected chi connectivity index (χ4v) is 1.89. The third kappa shape index (κ3) is 8.44. The number of hydrogen-bond donors (Lipinski definition) is 2. The number of rotatable bonds is 5. The fraction of sp³-hybridized carbons (Fsp3) is 0.176.